The molecule has 0 aliphatic carbocycles. The van der Waals surface area contributed by atoms with Crippen molar-refractivity contribution in [1.82, 2.24) is 15.1 Å². The number of rotatable bonds is 3. The number of carboxylic acid groups (broad SMARTS) is 1. The minimum atomic E-state index is -0.997. The molecule has 1 aliphatic rings. The summed E-state index contributed by atoms with van der Waals surface area (Å²) in [7, 11) is 1.77. The summed E-state index contributed by atoms with van der Waals surface area (Å²) in [4.78, 5) is 11.0. The van der Waals surface area contributed by atoms with Gasteiger partial charge in [-0.1, -0.05) is 24.3 Å². The van der Waals surface area contributed by atoms with E-state index in [0.717, 1.165) is 24.3 Å². The molecule has 1 aromatic heterocycles. The highest BCUT2D eigenvalue weighted by molar-refractivity contribution is 5.87. The molecule has 21 heavy (non-hydrogen) atoms. The number of aromatic carboxylic acids is 1. The minimum Gasteiger partial charge on any atom is -0.476 e. The van der Waals surface area contributed by atoms with Gasteiger partial charge in [0.15, 0.2) is 5.69 Å². The van der Waals surface area contributed by atoms with E-state index in [1.165, 1.54) is 18.4 Å². The molecule has 1 saturated heterocycles. The van der Waals surface area contributed by atoms with Crippen molar-refractivity contribution in [3.05, 3.63) is 41.6 Å². The van der Waals surface area contributed by atoms with Crippen LogP contribution in [-0.2, 0) is 7.05 Å². The molecule has 2 aromatic rings. The third-order valence-electron chi connectivity index (χ3n) is 4.12. The zero-order valence-electron chi connectivity index (χ0n) is 12.0. The summed E-state index contributed by atoms with van der Waals surface area (Å²) >= 11 is 0. The van der Waals surface area contributed by atoms with E-state index < -0.39 is 5.97 Å². The van der Waals surface area contributed by atoms with Gasteiger partial charge in [-0.2, -0.15) is 5.10 Å². The maximum absolute atomic E-state index is 11.0. The van der Waals surface area contributed by atoms with Gasteiger partial charge >= 0.3 is 5.97 Å². The first-order valence-corrected chi connectivity index (χ1v) is 7.23. The van der Waals surface area contributed by atoms with Gasteiger partial charge in [-0.15, -0.1) is 0 Å². The summed E-state index contributed by atoms with van der Waals surface area (Å²) in [5.41, 5.74) is 3.26. The van der Waals surface area contributed by atoms with Gasteiger partial charge in [-0.3, -0.25) is 4.68 Å². The molecule has 1 aliphatic heterocycles. The summed E-state index contributed by atoms with van der Waals surface area (Å²) < 4.78 is 1.61. The molecule has 0 saturated carbocycles. The average molecular weight is 285 g/mol. The molecule has 110 valence electrons. The standard InChI is InChI=1S/C16H19N3O2/c1-19-15(10-14(18-19)16(20)21)13-4-2-11(3-5-13)12-6-8-17-9-7-12/h2-5,10,12,17H,6-9H2,1H3,(H,20,21). The predicted molar refractivity (Wildman–Crippen MR) is 80.4 cm³/mol. The van der Waals surface area contributed by atoms with Crippen molar-refractivity contribution in [1.29, 1.82) is 0 Å². The Labute approximate surface area is 123 Å². The highest BCUT2D eigenvalue weighted by Gasteiger charge is 2.16. The van der Waals surface area contributed by atoms with Crippen LogP contribution in [-0.4, -0.2) is 33.9 Å². The third-order valence-corrected chi connectivity index (χ3v) is 4.12. The van der Waals surface area contributed by atoms with Crippen molar-refractivity contribution >= 4 is 5.97 Å². The van der Waals surface area contributed by atoms with Gasteiger partial charge in [-0.25, -0.2) is 4.79 Å². The molecule has 1 aromatic carbocycles. The van der Waals surface area contributed by atoms with Crippen LogP contribution in [0.1, 0.15) is 34.8 Å². The van der Waals surface area contributed by atoms with Crippen LogP contribution >= 0.6 is 0 Å². The number of benzene rings is 1. The lowest BCUT2D eigenvalue weighted by Gasteiger charge is -2.23. The number of piperidine rings is 1. The van der Waals surface area contributed by atoms with E-state index >= 15 is 0 Å². The highest BCUT2D eigenvalue weighted by atomic mass is 16.4. The number of nitrogens with zero attached hydrogens (tertiary/aromatic N) is 2. The zero-order chi connectivity index (χ0) is 14.8. The quantitative estimate of drug-likeness (QED) is 0.907. The molecule has 0 radical (unpaired) electrons. The smallest absolute Gasteiger partial charge is 0.356 e. The van der Waals surface area contributed by atoms with E-state index in [9.17, 15) is 4.79 Å². The van der Waals surface area contributed by atoms with Crippen molar-refractivity contribution in [3.8, 4) is 11.3 Å². The summed E-state index contributed by atoms with van der Waals surface area (Å²) in [5.74, 6) is -0.371. The lowest BCUT2D eigenvalue weighted by Crippen LogP contribution is -2.26. The maximum Gasteiger partial charge on any atom is 0.356 e. The van der Waals surface area contributed by atoms with Gasteiger partial charge in [0, 0.05) is 7.05 Å². The molecule has 2 N–H and O–H groups in total. The van der Waals surface area contributed by atoms with E-state index in [-0.39, 0.29) is 5.69 Å². The van der Waals surface area contributed by atoms with Crippen LogP contribution in [0.15, 0.2) is 30.3 Å². The predicted octanol–water partition coefficient (Wildman–Crippen LogP) is 2.25. The molecule has 0 unspecified atom stereocenters. The van der Waals surface area contributed by atoms with E-state index in [1.54, 1.807) is 17.8 Å². The van der Waals surface area contributed by atoms with E-state index in [0.29, 0.717) is 5.92 Å². The Morgan fingerprint density at radius 3 is 2.52 bits per heavy atom. The highest BCUT2D eigenvalue weighted by Crippen LogP contribution is 2.28. The number of aryl methyl sites for hydroxylation is 1. The first-order valence-electron chi connectivity index (χ1n) is 7.23. The fourth-order valence-electron chi connectivity index (χ4n) is 2.92. The van der Waals surface area contributed by atoms with Crippen LogP contribution < -0.4 is 5.32 Å². The fraction of sp³-hybridized carbons (Fsp3) is 0.375. The second-order valence-corrected chi connectivity index (χ2v) is 5.49. The monoisotopic (exact) mass is 285 g/mol. The van der Waals surface area contributed by atoms with Crippen LogP contribution in [0.4, 0.5) is 0 Å². The van der Waals surface area contributed by atoms with Crippen molar-refractivity contribution in [2.75, 3.05) is 13.1 Å². The van der Waals surface area contributed by atoms with Crippen LogP contribution in [0.5, 0.6) is 0 Å². The molecule has 0 spiro atoms. The van der Waals surface area contributed by atoms with E-state index in [4.69, 9.17) is 5.11 Å². The molecular weight excluding hydrogens is 266 g/mol. The number of nitrogens with one attached hydrogen (secondary N) is 1. The van der Waals surface area contributed by atoms with Gasteiger partial charge in [0.2, 0.25) is 0 Å². The summed E-state index contributed by atoms with van der Waals surface area (Å²) in [5, 5.41) is 16.4. The van der Waals surface area contributed by atoms with Crippen LogP contribution in [0, 0.1) is 0 Å². The van der Waals surface area contributed by atoms with Gasteiger partial charge in [0.05, 0.1) is 5.69 Å². The lowest BCUT2D eigenvalue weighted by molar-refractivity contribution is 0.0689. The van der Waals surface area contributed by atoms with Gasteiger partial charge in [0.1, 0.15) is 0 Å². The average Bonchev–Trinajstić information content (AvgIpc) is 2.91. The second-order valence-electron chi connectivity index (χ2n) is 5.49. The normalized spacial score (nSPS) is 16.0. The molecule has 0 bridgehead atoms. The van der Waals surface area contributed by atoms with E-state index in [1.807, 2.05) is 0 Å². The topological polar surface area (TPSA) is 67.2 Å². The van der Waals surface area contributed by atoms with Crippen LogP contribution in [0.3, 0.4) is 0 Å². The van der Waals surface area contributed by atoms with E-state index in [2.05, 4.69) is 34.7 Å². The van der Waals surface area contributed by atoms with Crippen LogP contribution in [0.2, 0.25) is 0 Å². The van der Waals surface area contributed by atoms with Gasteiger partial charge in [0.25, 0.3) is 0 Å². The Morgan fingerprint density at radius 2 is 1.95 bits per heavy atom. The van der Waals surface area contributed by atoms with Crippen molar-refractivity contribution in [3.63, 3.8) is 0 Å². The first kappa shape index (κ1) is 13.8. The largest absolute Gasteiger partial charge is 0.476 e. The summed E-state index contributed by atoms with van der Waals surface area (Å²) in [6.07, 6.45) is 2.35. The molecule has 5 nitrogen and oxygen atoms in total. The summed E-state index contributed by atoms with van der Waals surface area (Å²) in [6.45, 7) is 2.16. The second kappa shape index (κ2) is 5.69. The first-order chi connectivity index (χ1) is 10.1. The Kier molecular flexibility index (Phi) is 3.75. The maximum atomic E-state index is 11.0. The Morgan fingerprint density at radius 1 is 1.29 bits per heavy atom. The van der Waals surface area contributed by atoms with Crippen molar-refractivity contribution in [2.24, 2.45) is 7.05 Å². The Hall–Kier alpha value is -2.14. The molecule has 2 heterocycles. The lowest BCUT2D eigenvalue weighted by atomic mass is 9.89. The fourth-order valence-corrected chi connectivity index (χ4v) is 2.92. The molecule has 3 rings (SSSR count). The van der Waals surface area contributed by atoms with Crippen LogP contribution in [0.25, 0.3) is 11.3 Å². The molecule has 0 atom stereocenters. The molecule has 0 amide bonds. The number of hydrogen-bond donors (Lipinski definition) is 2. The molecular formula is C16H19N3O2. The number of aromatic nitrogens is 2. The zero-order valence-corrected chi connectivity index (χ0v) is 12.0. The SMILES string of the molecule is Cn1nc(C(=O)O)cc1-c1ccc(C2CCNCC2)cc1. The number of carboxylic acids is 1. The molecule has 5 heteroatoms. The number of carbonyl (C=O) groups is 1. The Balaban J connectivity index is 1.85. The van der Waals surface area contributed by atoms with Crippen molar-refractivity contribution < 1.29 is 9.90 Å². The number of hydrogen-bond acceptors (Lipinski definition) is 3. The summed E-state index contributed by atoms with van der Waals surface area (Å²) in [6, 6.07) is 10.0. The Bertz CT molecular complexity index is 640. The van der Waals surface area contributed by atoms with Gasteiger partial charge in [-0.05, 0) is 49.0 Å². The van der Waals surface area contributed by atoms with Gasteiger partial charge < -0.3 is 10.4 Å². The molecule has 1 fully saturated rings. The minimum absolute atomic E-state index is 0.0786. The van der Waals surface area contributed by atoms with Crippen molar-refractivity contribution in [2.45, 2.75) is 18.8 Å². The third kappa shape index (κ3) is 2.83.